The van der Waals surface area contributed by atoms with Crippen molar-refractivity contribution in [1.82, 2.24) is 0 Å². The first kappa shape index (κ1) is 17.2. The molecule has 0 aromatic heterocycles. The van der Waals surface area contributed by atoms with Crippen LogP contribution in [0.15, 0.2) is 23.8 Å². The molecule has 114 valence electrons. The van der Waals surface area contributed by atoms with Gasteiger partial charge in [-0.2, -0.15) is 0 Å². The number of allylic oxidation sites excluding steroid dienone is 3. The Morgan fingerprint density at radius 2 is 1.85 bits per heavy atom. The molecule has 2 heteroatoms. The number of carbonyl (C=O) groups excluding carboxylic acids is 1. The Labute approximate surface area is 124 Å². The first-order chi connectivity index (χ1) is 9.79. The van der Waals surface area contributed by atoms with Gasteiger partial charge in [0.2, 0.25) is 0 Å². The number of rotatable bonds is 12. The fourth-order valence-corrected chi connectivity index (χ4v) is 2.70. The van der Waals surface area contributed by atoms with Crippen LogP contribution in [0.5, 0.6) is 0 Å². The molecule has 0 saturated heterocycles. The summed E-state index contributed by atoms with van der Waals surface area (Å²) in [5.41, 5.74) is 1.22. The lowest BCUT2D eigenvalue weighted by Gasteiger charge is -2.12. The molecule has 1 atom stereocenters. The number of ketones is 1. The van der Waals surface area contributed by atoms with Crippen LogP contribution < -0.4 is 0 Å². The van der Waals surface area contributed by atoms with Gasteiger partial charge in [0.05, 0.1) is 5.92 Å². The van der Waals surface area contributed by atoms with Crippen molar-refractivity contribution in [2.24, 2.45) is 5.92 Å². The Bertz CT molecular complexity index is 328. The van der Waals surface area contributed by atoms with Crippen LogP contribution in [0.4, 0.5) is 0 Å². The second kappa shape index (κ2) is 10.8. The van der Waals surface area contributed by atoms with E-state index in [4.69, 9.17) is 4.74 Å². The first-order valence-electron chi connectivity index (χ1n) is 8.18. The number of Topliss-reactive ketones (excluding diaryl/α,β-unsaturated/α-hetero) is 1. The molecule has 0 radical (unpaired) electrons. The summed E-state index contributed by atoms with van der Waals surface area (Å²) in [5, 5.41) is 0. The van der Waals surface area contributed by atoms with Gasteiger partial charge in [-0.15, -0.1) is 0 Å². The highest BCUT2D eigenvalue weighted by atomic mass is 16.5. The first-order valence-corrected chi connectivity index (χ1v) is 8.18. The predicted octanol–water partition coefficient (Wildman–Crippen LogP) is 4.85. The predicted molar refractivity (Wildman–Crippen MR) is 84.8 cm³/mol. The zero-order valence-corrected chi connectivity index (χ0v) is 13.2. The summed E-state index contributed by atoms with van der Waals surface area (Å²) in [6, 6.07) is 0. The summed E-state index contributed by atoms with van der Waals surface area (Å²) in [4.78, 5) is 12.2. The van der Waals surface area contributed by atoms with Gasteiger partial charge < -0.3 is 4.74 Å². The Hall–Kier alpha value is -0.890. The molecule has 20 heavy (non-hydrogen) atoms. The normalized spacial score (nSPS) is 17.5. The van der Waals surface area contributed by atoms with Crippen molar-refractivity contribution in [3.8, 4) is 0 Å². The van der Waals surface area contributed by atoms with Gasteiger partial charge in [0.15, 0.2) is 0 Å². The van der Waals surface area contributed by atoms with Crippen LogP contribution in [0, 0.1) is 5.92 Å². The van der Waals surface area contributed by atoms with Gasteiger partial charge in [-0.3, -0.25) is 4.79 Å². The maximum absolute atomic E-state index is 12.2. The monoisotopic (exact) mass is 278 g/mol. The summed E-state index contributed by atoms with van der Waals surface area (Å²) in [5.74, 6) is 0.417. The minimum absolute atomic E-state index is 0.0326. The third-order valence-corrected chi connectivity index (χ3v) is 3.98. The van der Waals surface area contributed by atoms with Crippen molar-refractivity contribution in [3.63, 3.8) is 0 Å². The van der Waals surface area contributed by atoms with Gasteiger partial charge in [-0.1, -0.05) is 69.2 Å². The summed E-state index contributed by atoms with van der Waals surface area (Å²) in [7, 11) is 1.71. The largest absolute Gasteiger partial charge is 0.384 e. The molecular formula is C18H30O2. The molecule has 1 rings (SSSR count). The molecule has 1 aliphatic carbocycles. The van der Waals surface area contributed by atoms with E-state index in [1.165, 1.54) is 44.1 Å². The SMILES string of the molecule is CCCCCCCCCC(=O)C1C=CC=C1CCOC. The molecule has 0 N–H and O–H groups in total. The number of unbranched alkanes of at least 4 members (excludes halogenated alkanes) is 6. The van der Waals surface area contributed by atoms with Crippen molar-refractivity contribution >= 4 is 5.78 Å². The molecular weight excluding hydrogens is 248 g/mol. The van der Waals surface area contributed by atoms with E-state index >= 15 is 0 Å². The van der Waals surface area contributed by atoms with E-state index in [-0.39, 0.29) is 5.92 Å². The Morgan fingerprint density at radius 1 is 1.15 bits per heavy atom. The molecule has 0 aliphatic heterocycles. The van der Waals surface area contributed by atoms with Crippen LogP contribution in [0.25, 0.3) is 0 Å². The van der Waals surface area contributed by atoms with Crippen LogP contribution >= 0.6 is 0 Å². The summed E-state index contributed by atoms with van der Waals surface area (Å²) in [6.45, 7) is 2.94. The van der Waals surface area contributed by atoms with Gasteiger partial charge in [-0.25, -0.2) is 0 Å². The number of hydrogen-bond donors (Lipinski definition) is 0. The molecule has 1 aliphatic rings. The molecule has 0 saturated carbocycles. The maximum Gasteiger partial charge on any atom is 0.143 e. The third-order valence-electron chi connectivity index (χ3n) is 3.98. The average Bonchev–Trinajstić information content (AvgIpc) is 2.92. The second-order valence-electron chi connectivity index (χ2n) is 5.68. The lowest BCUT2D eigenvalue weighted by molar-refractivity contribution is -0.120. The van der Waals surface area contributed by atoms with Gasteiger partial charge >= 0.3 is 0 Å². The van der Waals surface area contributed by atoms with Gasteiger partial charge in [0.1, 0.15) is 5.78 Å². The van der Waals surface area contributed by atoms with Crippen molar-refractivity contribution in [1.29, 1.82) is 0 Å². The molecule has 0 spiro atoms. The van der Waals surface area contributed by atoms with E-state index in [0.29, 0.717) is 12.4 Å². The van der Waals surface area contributed by atoms with Crippen LogP contribution in [-0.4, -0.2) is 19.5 Å². The van der Waals surface area contributed by atoms with Gasteiger partial charge in [0.25, 0.3) is 0 Å². The maximum atomic E-state index is 12.2. The molecule has 1 unspecified atom stereocenters. The fourth-order valence-electron chi connectivity index (χ4n) is 2.70. The topological polar surface area (TPSA) is 26.3 Å². The van der Waals surface area contributed by atoms with E-state index in [2.05, 4.69) is 13.0 Å². The van der Waals surface area contributed by atoms with Crippen LogP contribution in [0.2, 0.25) is 0 Å². The highest BCUT2D eigenvalue weighted by Crippen LogP contribution is 2.25. The van der Waals surface area contributed by atoms with E-state index in [0.717, 1.165) is 19.3 Å². The molecule has 0 aromatic carbocycles. The van der Waals surface area contributed by atoms with Crippen molar-refractivity contribution in [2.45, 2.75) is 64.7 Å². The number of ether oxygens (including phenoxy) is 1. The number of methoxy groups -OCH3 is 1. The molecule has 0 fully saturated rings. The zero-order valence-electron chi connectivity index (χ0n) is 13.2. The summed E-state index contributed by atoms with van der Waals surface area (Å²) >= 11 is 0. The minimum atomic E-state index is 0.0326. The third kappa shape index (κ3) is 6.51. The lowest BCUT2D eigenvalue weighted by atomic mass is 9.92. The molecule has 0 heterocycles. The standard InChI is InChI=1S/C18H30O2/c1-3-4-5-6-7-8-9-13-18(19)17-12-10-11-16(17)14-15-20-2/h10-12,17H,3-9,13-15H2,1-2H3. The fraction of sp³-hybridized carbons (Fsp3) is 0.722. The summed E-state index contributed by atoms with van der Waals surface area (Å²) in [6.07, 6.45) is 16.6. The van der Waals surface area contributed by atoms with Gasteiger partial charge in [-0.05, 0) is 12.8 Å². The molecule has 0 amide bonds. The lowest BCUT2D eigenvalue weighted by Crippen LogP contribution is -2.14. The Morgan fingerprint density at radius 3 is 2.55 bits per heavy atom. The van der Waals surface area contributed by atoms with E-state index < -0.39 is 0 Å². The highest BCUT2D eigenvalue weighted by molar-refractivity contribution is 5.86. The highest BCUT2D eigenvalue weighted by Gasteiger charge is 2.21. The number of hydrogen-bond acceptors (Lipinski definition) is 2. The summed E-state index contributed by atoms with van der Waals surface area (Å²) < 4.78 is 5.10. The Kier molecular flexibility index (Phi) is 9.31. The van der Waals surface area contributed by atoms with Crippen LogP contribution in [0.1, 0.15) is 64.7 Å². The van der Waals surface area contributed by atoms with Crippen LogP contribution in [-0.2, 0) is 9.53 Å². The van der Waals surface area contributed by atoms with Crippen LogP contribution in [0.3, 0.4) is 0 Å². The Balaban J connectivity index is 2.13. The smallest absolute Gasteiger partial charge is 0.143 e. The van der Waals surface area contributed by atoms with Crippen molar-refractivity contribution in [2.75, 3.05) is 13.7 Å². The van der Waals surface area contributed by atoms with E-state index in [9.17, 15) is 4.79 Å². The minimum Gasteiger partial charge on any atom is -0.384 e. The second-order valence-corrected chi connectivity index (χ2v) is 5.68. The van der Waals surface area contributed by atoms with Crippen molar-refractivity contribution < 1.29 is 9.53 Å². The number of carbonyl (C=O) groups is 1. The zero-order chi connectivity index (χ0) is 14.6. The molecule has 2 nitrogen and oxygen atoms in total. The average molecular weight is 278 g/mol. The van der Waals surface area contributed by atoms with Gasteiger partial charge in [0, 0.05) is 20.1 Å². The van der Waals surface area contributed by atoms with E-state index in [1.807, 2.05) is 12.2 Å². The molecule has 0 aromatic rings. The van der Waals surface area contributed by atoms with E-state index in [1.54, 1.807) is 7.11 Å². The quantitative estimate of drug-likeness (QED) is 0.477. The molecule has 0 bridgehead atoms. The van der Waals surface area contributed by atoms with Crippen molar-refractivity contribution in [3.05, 3.63) is 23.8 Å².